The number of carbonyl (C=O) groups is 1. The van der Waals surface area contributed by atoms with Crippen molar-refractivity contribution in [1.29, 1.82) is 0 Å². The summed E-state index contributed by atoms with van der Waals surface area (Å²) in [4.78, 5) is 16.2. The highest BCUT2D eigenvalue weighted by Crippen LogP contribution is 2.14. The van der Waals surface area contributed by atoms with Crippen LogP contribution in [0.3, 0.4) is 0 Å². The molecule has 1 aromatic carbocycles. The summed E-state index contributed by atoms with van der Waals surface area (Å²) in [6.45, 7) is 8.69. The first-order valence-corrected chi connectivity index (χ1v) is 8.79. The molecule has 0 saturated carbocycles. The van der Waals surface area contributed by atoms with E-state index in [9.17, 15) is 4.79 Å². The Kier molecular flexibility index (Phi) is 6.49. The topological polar surface area (TPSA) is 63.6 Å². The summed E-state index contributed by atoms with van der Waals surface area (Å²) in [6, 6.07) is 7.70. The molecule has 1 amide bonds. The maximum atomic E-state index is 11.9. The molecular weight excluding hydrogens is 322 g/mol. The van der Waals surface area contributed by atoms with E-state index in [-0.39, 0.29) is 12.3 Å². The molecule has 0 unspecified atom stereocenters. The van der Waals surface area contributed by atoms with E-state index >= 15 is 0 Å². The number of benzene rings is 1. The molecule has 0 aliphatic carbocycles. The number of aromatic nitrogens is 1. The Balaban J connectivity index is 1.89. The van der Waals surface area contributed by atoms with Crippen LogP contribution in [0.4, 0.5) is 0 Å². The minimum absolute atomic E-state index is 0.170. The van der Waals surface area contributed by atoms with Crippen molar-refractivity contribution in [2.75, 3.05) is 6.61 Å². The van der Waals surface area contributed by atoms with Gasteiger partial charge in [0.05, 0.1) is 29.4 Å². The third-order valence-corrected chi connectivity index (χ3v) is 4.03. The van der Waals surface area contributed by atoms with Crippen molar-refractivity contribution in [3.63, 3.8) is 0 Å². The molecule has 24 heavy (non-hydrogen) atoms. The molecule has 2 aromatic rings. The Morgan fingerprint density at radius 1 is 1.33 bits per heavy atom. The molecule has 1 N–H and O–H groups in total. The van der Waals surface area contributed by atoms with Gasteiger partial charge < -0.3 is 4.74 Å². The lowest BCUT2D eigenvalue weighted by Gasteiger charge is -2.09. The molecule has 0 spiro atoms. The monoisotopic (exact) mass is 345 g/mol. The quantitative estimate of drug-likeness (QED) is 0.616. The van der Waals surface area contributed by atoms with E-state index in [1.807, 2.05) is 43.5 Å². The lowest BCUT2D eigenvalue weighted by atomic mass is 10.1. The Morgan fingerprint density at radius 3 is 2.62 bits per heavy atom. The van der Waals surface area contributed by atoms with Crippen LogP contribution in [-0.2, 0) is 11.2 Å². The average Bonchev–Trinajstić information content (AvgIpc) is 2.96. The van der Waals surface area contributed by atoms with Gasteiger partial charge in [-0.2, -0.15) is 5.10 Å². The third kappa shape index (κ3) is 5.77. The van der Waals surface area contributed by atoms with Crippen molar-refractivity contribution >= 4 is 23.0 Å². The summed E-state index contributed by atoms with van der Waals surface area (Å²) in [5.41, 5.74) is 5.03. The zero-order chi connectivity index (χ0) is 17.5. The van der Waals surface area contributed by atoms with Gasteiger partial charge in [-0.1, -0.05) is 13.8 Å². The van der Waals surface area contributed by atoms with Crippen LogP contribution in [0, 0.1) is 12.8 Å². The zero-order valence-electron chi connectivity index (χ0n) is 14.5. The number of hydrazone groups is 1. The number of amides is 1. The van der Waals surface area contributed by atoms with E-state index in [0.29, 0.717) is 12.5 Å². The summed E-state index contributed by atoms with van der Waals surface area (Å²) < 4.78 is 5.65. The Bertz CT molecular complexity index is 705. The van der Waals surface area contributed by atoms with E-state index in [2.05, 4.69) is 29.4 Å². The number of carbonyl (C=O) groups excluding carboxylic acids is 1. The van der Waals surface area contributed by atoms with Crippen molar-refractivity contribution < 1.29 is 9.53 Å². The van der Waals surface area contributed by atoms with Crippen molar-refractivity contribution in [1.82, 2.24) is 10.4 Å². The van der Waals surface area contributed by atoms with Gasteiger partial charge in [0.1, 0.15) is 5.75 Å². The summed E-state index contributed by atoms with van der Waals surface area (Å²) in [6.07, 6.45) is 0.239. The van der Waals surface area contributed by atoms with E-state index in [1.54, 1.807) is 0 Å². The molecule has 128 valence electrons. The molecule has 0 saturated heterocycles. The molecule has 6 heteroatoms. The fourth-order valence-electron chi connectivity index (χ4n) is 1.96. The summed E-state index contributed by atoms with van der Waals surface area (Å²) in [5.74, 6) is 1.16. The fraction of sp³-hybridized carbons (Fsp3) is 0.389. The molecule has 0 bridgehead atoms. The molecule has 0 radical (unpaired) electrons. The number of hydrogen-bond donors (Lipinski definition) is 1. The Labute approximate surface area is 146 Å². The number of nitrogens with zero attached hydrogens (tertiary/aromatic N) is 2. The first kappa shape index (κ1) is 18.1. The number of rotatable bonds is 7. The largest absolute Gasteiger partial charge is 0.493 e. The van der Waals surface area contributed by atoms with Gasteiger partial charge in [-0.25, -0.2) is 10.4 Å². The van der Waals surface area contributed by atoms with Crippen LogP contribution in [0.5, 0.6) is 5.75 Å². The molecule has 0 atom stereocenters. The molecule has 2 rings (SSSR count). The minimum atomic E-state index is -0.170. The molecule has 5 nitrogen and oxygen atoms in total. The first-order valence-electron chi connectivity index (χ1n) is 7.91. The predicted molar refractivity (Wildman–Crippen MR) is 97.7 cm³/mol. The molecule has 0 fully saturated rings. The normalized spacial score (nSPS) is 11.6. The number of aryl methyl sites for hydroxylation is 1. The van der Waals surface area contributed by atoms with Gasteiger partial charge in [-0.3, -0.25) is 4.79 Å². The van der Waals surface area contributed by atoms with Crippen molar-refractivity contribution in [3.05, 3.63) is 45.9 Å². The maximum absolute atomic E-state index is 11.9. The van der Waals surface area contributed by atoms with E-state index in [1.165, 1.54) is 11.3 Å². The van der Waals surface area contributed by atoms with Crippen LogP contribution in [0.1, 0.15) is 37.0 Å². The number of nitrogens with one attached hydrogen (secondary N) is 1. The van der Waals surface area contributed by atoms with Crippen LogP contribution in [0.25, 0.3) is 0 Å². The van der Waals surface area contributed by atoms with E-state index in [0.717, 1.165) is 27.7 Å². The van der Waals surface area contributed by atoms with Gasteiger partial charge >= 0.3 is 0 Å². The predicted octanol–water partition coefficient (Wildman–Crippen LogP) is 3.57. The molecule has 1 aromatic heterocycles. The van der Waals surface area contributed by atoms with Crippen molar-refractivity contribution in [2.24, 2.45) is 11.0 Å². The average molecular weight is 345 g/mol. The molecule has 0 aliphatic heterocycles. The second-order valence-corrected chi connectivity index (χ2v) is 7.06. The minimum Gasteiger partial charge on any atom is -0.493 e. The number of hydrogen-bond acceptors (Lipinski definition) is 5. The highest BCUT2D eigenvalue weighted by Gasteiger charge is 2.06. The van der Waals surface area contributed by atoms with Crippen LogP contribution in [0.2, 0.25) is 0 Å². The molecular formula is C18H23N3O2S. The van der Waals surface area contributed by atoms with Crippen LogP contribution < -0.4 is 10.2 Å². The highest BCUT2D eigenvalue weighted by atomic mass is 32.1. The Hall–Kier alpha value is -2.21. The summed E-state index contributed by atoms with van der Waals surface area (Å²) >= 11 is 1.54. The summed E-state index contributed by atoms with van der Waals surface area (Å²) in [7, 11) is 0. The van der Waals surface area contributed by atoms with Gasteiger partial charge in [0.25, 0.3) is 0 Å². The van der Waals surface area contributed by atoms with Crippen LogP contribution >= 0.6 is 11.3 Å². The fourth-order valence-corrected chi connectivity index (χ4v) is 2.57. The van der Waals surface area contributed by atoms with Gasteiger partial charge in [-0.15, -0.1) is 11.3 Å². The number of ether oxygens (including phenoxy) is 1. The first-order chi connectivity index (χ1) is 11.4. The van der Waals surface area contributed by atoms with Crippen LogP contribution in [0.15, 0.2) is 34.7 Å². The van der Waals surface area contributed by atoms with E-state index < -0.39 is 0 Å². The van der Waals surface area contributed by atoms with Gasteiger partial charge in [-0.05, 0) is 49.6 Å². The molecule has 1 heterocycles. The van der Waals surface area contributed by atoms with Gasteiger partial charge in [0.15, 0.2) is 0 Å². The zero-order valence-corrected chi connectivity index (χ0v) is 15.3. The highest BCUT2D eigenvalue weighted by molar-refractivity contribution is 7.09. The molecule has 0 aliphatic rings. The van der Waals surface area contributed by atoms with Crippen molar-refractivity contribution in [2.45, 2.75) is 34.1 Å². The SMILES string of the molecule is C/C(=N/NC(=O)Cc1csc(C)n1)c1ccc(OCC(C)C)cc1. The lowest BCUT2D eigenvalue weighted by molar-refractivity contribution is -0.120. The maximum Gasteiger partial charge on any atom is 0.246 e. The van der Waals surface area contributed by atoms with Crippen molar-refractivity contribution in [3.8, 4) is 5.75 Å². The smallest absolute Gasteiger partial charge is 0.246 e. The Morgan fingerprint density at radius 2 is 2.04 bits per heavy atom. The lowest BCUT2D eigenvalue weighted by Crippen LogP contribution is -2.21. The summed E-state index contributed by atoms with van der Waals surface area (Å²) in [5, 5.41) is 7.00. The number of thiazole rings is 1. The third-order valence-electron chi connectivity index (χ3n) is 3.21. The van der Waals surface area contributed by atoms with Gasteiger partial charge in [0, 0.05) is 5.38 Å². The second-order valence-electron chi connectivity index (χ2n) is 6.00. The van der Waals surface area contributed by atoms with Crippen LogP contribution in [-0.4, -0.2) is 23.2 Å². The standard InChI is InChI=1S/C18H23N3O2S/c1-12(2)10-23-17-7-5-15(6-8-17)13(3)20-21-18(22)9-16-11-24-14(4)19-16/h5-8,11-12H,9-10H2,1-4H3,(H,21,22)/b20-13-. The second kappa shape index (κ2) is 8.59. The van der Waals surface area contributed by atoms with E-state index in [4.69, 9.17) is 4.74 Å². The van der Waals surface area contributed by atoms with Gasteiger partial charge in [0.2, 0.25) is 5.91 Å².